The maximum absolute atomic E-state index is 13.7. The normalized spacial score (nSPS) is 10.6. The lowest BCUT2D eigenvalue weighted by Crippen LogP contribution is -2.04. The van der Waals surface area contributed by atoms with E-state index in [0.717, 1.165) is 16.9 Å². The molecule has 1 N–H and O–H groups in total. The first-order valence-corrected chi connectivity index (χ1v) is 6.83. The van der Waals surface area contributed by atoms with Crippen LogP contribution in [0.4, 0.5) is 10.1 Å². The van der Waals surface area contributed by atoms with E-state index in [1.165, 1.54) is 6.07 Å². The van der Waals surface area contributed by atoms with E-state index in [2.05, 4.69) is 10.4 Å². The summed E-state index contributed by atoms with van der Waals surface area (Å²) in [5, 5.41) is 7.60. The molecule has 0 amide bonds. The molecule has 3 nitrogen and oxygen atoms in total. The molecule has 3 rings (SSSR count). The Morgan fingerprint density at radius 3 is 2.62 bits per heavy atom. The van der Waals surface area contributed by atoms with Crippen molar-refractivity contribution in [3.05, 3.63) is 77.9 Å². The van der Waals surface area contributed by atoms with Crippen molar-refractivity contribution >= 4 is 5.69 Å². The number of para-hydroxylation sites is 2. The molecule has 0 fully saturated rings. The van der Waals surface area contributed by atoms with Crippen molar-refractivity contribution in [2.45, 2.75) is 13.5 Å². The van der Waals surface area contributed by atoms with E-state index < -0.39 is 0 Å². The fraction of sp³-hybridized carbons (Fsp3) is 0.118. The van der Waals surface area contributed by atoms with Crippen LogP contribution in [0.15, 0.2) is 60.8 Å². The molecule has 0 spiro atoms. The van der Waals surface area contributed by atoms with E-state index in [9.17, 15) is 4.39 Å². The zero-order chi connectivity index (χ0) is 14.7. The van der Waals surface area contributed by atoms with Crippen LogP contribution >= 0.6 is 0 Å². The van der Waals surface area contributed by atoms with Crippen molar-refractivity contribution < 1.29 is 4.39 Å². The summed E-state index contributed by atoms with van der Waals surface area (Å²) in [7, 11) is 0. The molecule has 1 aromatic heterocycles. The summed E-state index contributed by atoms with van der Waals surface area (Å²) in [4.78, 5) is 0. The molecule has 106 valence electrons. The van der Waals surface area contributed by atoms with Gasteiger partial charge in [-0.2, -0.15) is 5.10 Å². The highest BCUT2D eigenvalue weighted by atomic mass is 19.1. The van der Waals surface area contributed by atoms with Gasteiger partial charge < -0.3 is 5.32 Å². The molecule has 0 aliphatic rings. The predicted molar refractivity (Wildman–Crippen MR) is 82.0 cm³/mol. The number of nitrogens with zero attached hydrogens (tertiary/aromatic N) is 2. The Kier molecular flexibility index (Phi) is 3.69. The molecule has 0 unspecified atom stereocenters. The van der Waals surface area contributed by atoms with Crippen LogP contribution in [0.5, 0.6) is 0 Å². The highest BCUT2D eigenvalue weighted by Crippen LogP contribution is 2.19. The van der Waals surface area contributed by atoms with Crippen LogP contribution in [0.1, 0.15) is 11.3 Å². The van der Waals surface area contributed by atoms with Crippen LogP contribution < -0.4 is 5.32 Å². The number of aromatic nitrogens is 2. The molecule has 2 aromatic carbocycles. The van der Waals surface area contributed by atoms with E-state index in [1.807, 2.05) is 60.3 Å². The van der Waals surface area contributed by atoms with Gasteiger partial charge in [0.2, 0.25) is 0 Å². The van der Waals surface area contributed by atoms with Crippen molar-refractivity contribution in [1.82, 2.24) is 9.78 Å². The third-order valence-corrected chi connectivity index (χ3v) is 3.33. The highest BCUT2D eigenvalue weighted by molar-refractivity contribution is 5.51. The maximum Gasteiger partial charge on any atom is 0.146 e. The number of aryl methyl sites for hydroxylation is 1. The highest BCUT2D eigenvalue weighted by Gasteiger charge is 2.06. The topological polar surface area (TPSA) is 29.9 Å². The summed E-state index contributed by atoms with van der Waals surface area (Å²) in [6, 6.07) is 16.9. The molecule has 0 aliphatic heterocycles. The summed E-state index contributed by atoms with van der Waals surface area (Å²) in [6.45, 7) is 2.37. The summed E-state index contributed by atoms with van der Waals surface area (Å²) < 4.78 is 15.5. The Hall–Kier alpha value is -2.62. The van der Waals surface area contributed by atoms with Crippen molar-refractivity contribution in [1.29, 1.82) is 0 Å². The van der Waals surface area contributed by atoms with Crippen LogP contribution in [-0.2, 0) is 6.54 Å². The minimum absolute atomic E-state index is 0.238. The molecule has 0 aliphatic carbocycles. The molecule has 0 radical (unpaired) electrons. The van der Waals surface area contributed by atoms with Crippen LogP contribution in [0.2, 0.25) is 0 Å². The van der Waals surface area contributed by atoms with Crippen molar-refractivity contribution in [3.8, 4) is 5.69 Å². The number of benzene rings is 2. The minimum atomic E-state index is -0.238. The van der Waals surface area contributed by atoms with Gasteiger partial charge in [0.1, 0.15) is 5.82 Å². The number of anilines is 1. The van der Waals surface area contributed by atoms with Gasteiger partial charge in [-0.15, -0.1) is 0 Å². The lowest BCUT2D eigenvalue weighted by Gasteiger charge is -2.09. The smallest absolute Gasteiger partial charge is 0.146 e. The molecule has 4 heteroatoms. The monoisotopic (exact) mass is 281 g/mol. The first-order chi connectivity index (χ1) is 10.2. The van der Waals surface area contributed by atoms with Gasteiger partial charge in [-0.25, -0.2) is 9.07 Å². The summed E-state index contributed by atoms with van der Waals surface area (Å²) in [5.41, 5.74) is 3.29. The number of nitrogens with one attached hydrogen (secondary N) is 1. The second-order valence-electron chi connectivity index (χ2n) is 4.87. The van der Waals surface area contributed by atoms with E-state index in [1.54, 1.807) is 6.07 Å². The first kappa shape index (κ1) is 13.4. The van der Waals surface area contributed by atoms with Crippen LogP contribution in [0.25, 0.3) is 5.69 Å². The second-order valence-corrected chi connectivity index (χ2v) is 4.87. The van der Waals surface area contributed by atoms with Gasteiger partial charge in [0, 0.05) is 6.20 Å². The number of halogens is 1. The van der Waals surface area contributed by atoms with Crippen molar-refractivity contribution in [2.24, 2.45) is 0 Å². The number of rotatable bonds is 4. The first-order valence-electron chi connectivity index (χ1n) is 6.83. The van der Waals surface area contributed by atoms with E-state index in [0.29, 0.717) is 12.2 Å². The molecule has 0 saturated carbocycles. The van der Waals surface area contributed by atoms with Gasteiger partial charge in [0.05, 0.1) is 23.6 Å². The van der Waals surface area contributed by atoms with Gasteiger partial charge in [-0.3, -0.25) is 0 Å². The predicted octanol–water partition coefficient (Wildman–Crippen LogP) is 3.93. The van der Waals surface area contributed by atoms with Gasteiger partial charge in [-0.05, 0) is 36.8 Å². The summed E-state index contributed by atoms with van der Waals surface area (Å²) in [5.74, 6) is -0.238. The molecule has 0 saturated heterocycles. The molecule has 0 bridgehead atoms. The SMILES string of the molecule is Cc1cccc(F)c1NCc1ccn(-c2ccccc2)n1. The van der Waals surface area contributed by atoms with Crippen LogP contribution in [-0.4, -0.2) is 9.78 Å². The lowest BCUT2D eigenvalue weighted by atomic mass is 10.2. The Morgan fingerprint density at radius 1 is 1.05 bits per heavy atom. The summed E-state index contributed by atoms with van der Waals surface area (Å²) in [6.07, 6.45) is 1.90. The molecule has 3 aromatic rings. The van der Waals surface area contributed by atoms with Crippen LogP contribution in [0, 0.1) is 12.7 Å². The zero-order valence-electron chi connectivity index (χ0n) is 11.8. The van der Waals surface area contributed by atoms with Gasteiger partial charge >= 0.3 is 0 Å². The molecular weight excluding hydrogens is 265 g/mol. The largest absolute Gasteiger partial charge is 0.377 e. The third kappa shape index (κ3) is 2.94. The second kappa shape index (κ2) is 5.79. The molecular formula is C17H16FN3. The lowest BCUT2D eigenvalue weighted by molar-refractivity contribution is 0.629. The van der Waals surface area contributed by atoms with Gasteiger partial charge in [0.15, 0.2) is 0 Å². The van der Waals surface area contributed by atoms with Crippen molar-refractivity contribution in [2.75, 3.05) is 5.32 Å². The fourth-order valence-corrected chi connectivity index (χ4v) is 2.22. The van der Waals surface area contributed by atoms with Gasteiger partial charge in [-0.1, -0.05) is 30.3 Å². The minimum Gasteiger partial charge on any atom is -0.377 e. The Bertz CT molecular complexity index is 715. The molecule has 0 atom stereocenters. The average molecular weight is 281 g/mol. The maximum atomic E-state index is 13.7. The van der Waals surface area contributed by atoms with Gasteiger partial charge in [0.25, 0.3) is 0 Å². The Labute approximate surface area is 123 Å². The van der Waals surface area contributed by atoms with Crippen molar-refractivity contribution in [3.63, 3.8) is 0 Å². The Morgan fingerprint density at radius 2 is 1.86 bits per heavy atom. The summed E-state index contributed by atoms with van der Waals surface area (Å²) >= 11 is 0. The molecule has 1 heterocycles. The average Bonchev–Trinajstić information content (AvgIpc) is 2.97. The Balaban J connectivity index is 1.74. The number of hydrogen-bond acceptors (Lipinski definition) is 2. The zero-order valence-corrected chi connectivity index (χ0v) is 11.8. The third-order valence-electron chi connectivity index (χ3n) is 3.33. The van der Waals surface area contributed by atoms with E-state index in [4.69, 9.17) is 0 Å². The molecule has 21 heavy (non-hydrogen) atoms. The van der Waals surface area contributed by atoms with E-state index >= 15 is 0 Å². The quantitative estimate of drug-likeness (QED) is 0.785. The number of hydrogen-bond donors (Lipinski definition) is 1. The fourth-order valence-electron chi connectivity index (χ4n) is 2.22. The standard InChI is InChI=1S/C17H16FN3/c1-13-6-5-9-16(18)17(13)19-12-14-10-11-21(20-14)15-7-3-2-4-8-15/h2-11,19H,12H2,1H3. The van der Waals surface area contributed by atoms with Crippen LogP contribution in [0.3, 0.4) is 0 Å². The van der Waals surface area contributed by atoms with E-state index in [-0.39, 0.29) is 5.82 Å².